The molecule has 0 unspecified atom stereocenters. The monoisotopic (exact) mass is 336 g/mol. The maximum Gasteiger partial charge on any atom is 0.143 e. The lowest BCUT2D eigenvalue weighted by Crippen LogP contribution is -2.02. The molecule has 0 aliphatic rings. The average Bonchev–Trinajstić information content (AvgIpc) is 2.36. The van der Waals surface area contributed by atoms with Crippen LogP contribution in [0.1, 0.15) is 24.8 Å². The van der Waals surface area contributed by atoms with E-state index in [1.807, 2.05) is 0 Å². The normalized spacial score (nSPS) is 10.6. The van der Waals surface area contributed by atoms with Crippen LogP contribution in [0.15, 0.2) is 18.2 Å². The van der Waals surface area contributed by atoms with Crippen molar-refractivity contribution in [3.05, 3.63) is 34.6 Å². The Morgan fingerprint density at radius 3 is 2.83 bits per heavy atom. The van der Waals surface area contributed by atoms with Gasteiger partial charge in [0.1, 0.15) is 11.6 Å². The van der Waals surface area contributed by atoms with Crippen LogP contribution in [0, 0.1) is 5.82 Å². The number of hydrogen-bond donors (Lipinski definition) is 0. The van der Waals surface area contributed by atoms with Gasteiger partial charge in [-0.25, -0.2) is 4.39 Å². The van der Waals surface area contributed by atoms with Gasteiger partial charge in [0.25, 0.3) is 0 Å². The first-order valence-electron chi connectivity index (χ1n) is 5.73. The van der Waals surface area contributed by atoms with Crippen LogP contribution >= 0.6 is 27.5 Å². The first-order valence-corrected chi connectivity index (χ1v) is 7.23. The Hall–Kier alpha value is -0.450. The third-order valence-electron chi connectivity index (χ3n) is 2.45. The number of ketones is 1. The Balaban J connectivity index is 2.20. The molecule has 0 aromatic heterocycles. The number of rotatable bonds is 8. The van der Waals surface area contributed by atoms with Gasteiger partial charge in [0.2, 0.25) is 0 Å². The lowest BCUT2D eigenvalue weighted by Gasteiger charge is -2.07. The topological polar surface area (TPSA) is 26.3 Å². The number of carbonyl (C=O) groups excluding carboxylic acids is 1. The fourth-order valence-corrected chi connectivity index (χ4v) is 1.94. The highest BCUT2D eigenvalue weighted by Crippen LogP contribution is 2.19. The molecule has 2 nitrogen and oxygen atoms in total. The van der Waals surface area contributed by atoms with Gasteiger partial charge >= 0.3 is 0 Å². The fourth-order valence-electron chi connectivity index (χ4n) is 1.44. The molecule has 0 saturated carbocycles. The number of Topliss-reactive ketones (excluding diaryl/α,β-unsaturated/α-hetero) is 1. The van der Waals surface area contributed by atoms with Crippen molar-refractivity contribution in [2.45, 2.75) is 25.9 Å². The summed E-state index contributed by atoms with van der Waals surface area (Å²) in [5.74, 6) is -0.163. The van der Waals surface area contributed by atoms with Crippen molar-refractivity contribution < 1.29 is 13.9 Å². The van der Waals surface area contributed by atoms with Crippen LogP contribution in [0.3, 0.4) is 0 Å². The summed E-state index contributed by atoms with van der Waals surface area (Å²) < 4.78 is 18.7. The second-order valence-corrected chi connectivity index (χ2v) is 4.85. The maximum atomic E-state index is 13.4. The predicted octanol–water partition coefficient (Wildman–Crippen LogP) is 4.13. The van der Waals surface area contributed by atoms with E-state index in [1.165, 1.54) is 6.07 Å². The summed E-state index contributed by atoms with van der Waals surface area (Å²) in [6, 6.07) is 4.56. The van der Waals surface area contributed by atoms with E-state index in [1.54, 1.807) is 12.1 Å². The summed E-state index contributed by atoms with van der Waals surface area (Å²) >= 11 is 8.97. The van der Waals surface area contributed by atoms with Gasteiger partial charge in [0.15, 0.2) is 0 Å². The number of carbonyl (C=O) groups is 1. The highest BCUT2D eigenvalue weighted by molar-refractivity contribution is 9.09. The summed E-state index contributed by atoms with van der Waals surface area (Å²) in [6.45, 7) is 0.665. The molecule has 1 aromatic carbocycles. The smallest absolute Gasteiger partial charge is 0.143 e. The number of benzene rings is 1. The van der Waals surface area contributed by atoms with Crippen LogP contribution in [0.4, 0.5) is 4.39 Å². The lowest BCUT2D eigenvalue weighted by atomic mass is 10.2. The fraction of sp³-hybridized carbons (Fsp3) is 0.462. The quantitative estimate of drug-likeness (QED) is 0.526. The van der Waals surface area contributed by atoms with E-state index >= 15 is 0 Å². The van der Waals surface area contributed by atoms with E-state index in [9.17, 15) is 9.18 Å². The molecule has 0 aliphatic carbocycles. The molecule has 1 rings (SSSR count). The van der Waals surface area contributed by atoms with Crippen molar-refractivity contribution in [1.82, 2.24) is 0 Å². The summed E-state index contributed by atoms with van der Waals surface area (Å²) in [6.07, 6.45) is 2.12. The highest BCUT2D eigenvalue weighted by atomic mass is 79.9. The van der Waals surface area contributed by atoms with E-state index < -0.39 is 0 Å². The third kappa shape index (κ3) is 5.46. The number of halogens is 3. The minimum Gasteiger partial charge on any atom is -0.377 e. The molecule has 18 heavy (non-hydrogen) atoms. The van der Waals surface area contributed by atoms with Gasteiger partial charge in [0.05, 0.1) is 11.9 Å². The molecule has 0 N–H and O–H groups in total. The molecule has 5 heteroatoms. The third-order valence-corrected chi connectivity index (χ3v) is 3.43. The van der Waals surface area contributed by atoms with Crippen molar-refractivity contribution in [2.24, 2.45) is 0 Å². The zero-order valence-corrected chi connectivity index (χ0v) is 12.3. The summed E-state index contributed by atoms with van der Waals surface area (Å²) in [7, 11) is 0. The van der Waals surface area contributed by atoms with E-state index in [4.69, 9.17) is 16.3 Å². The van der Waals surface area contributed by atoms with Gasteiger partial charge in [-0.3, -0.25) is 4.79 Å². The van der Waals surface area contributed by atoms with Crippen LogP contribution in [0.2, 0.25) is 5.02 Å². The number of ether oxygens (including phenoxy) is 1. The molecule has 0 aliphatic heterocycles. The van der Waals surface area contributed by atoms with Crippen molar-refractivity contribution in [3.8, 4) is 0 Å². The van der Waals surface area contributed by atoms with Crippen molar-refractivity contribution in [2.75, 3.05) is 11.9 Å². The van der Waals surface area contributed by atoms with Gasteiger partial charge < -0.3 is 4.74 Å². The standard InChI is InChI=1S/C13H15BrClFO2/c14-8-10(17)4-1-2-7-18-9-11-12(15)5-3-6-13(11)16/h3,5-6H,1-2,4,7-9H2. The maximum absolute atomic E-state index is 13.4. The molecule has 0 spiro atoms. The number of unbranched alkanes of at least 4 members (excludes halogenated alkanes) is 1. The molecule has 0 radical (unpaired) electrons. The second kappa shape index (κ2) is 8.62. The minimum absolute atomic E-state index is 0.165. The van der Waals surface area contributed by atoms with Gasteiger partial charge in [0, 0.05) is 23.6 Å². The van der Waals surface area contributed by atoms with Gasteiger partial charge in [-0.2, -0.15) is 0 Å². The minimum atomic E-state index is -0.350. The molecule has 0 bridgehead atoms. The Morgan fingerprint density at radius 2 is 2.17 bits per heavy atom. The summed E-state index contributed by atoms with van der Waals surface area (Å²) in [5.41, 5.74) is 0.385. The van der Waals surface area contributed by atoms with Gasteiger partial charge in [-0.1, -0.05) is 33.6 Å². The average molecular weight is 338 g/mol. The molecule has 0 heterocycles. The predicted molar refractivity (Wildman–Crippen MR) is 73.7 cm³/mol. The molecule has 100 valence electrons. The largest absolute Gasteiger partial charge is 0.377 e. The molecule has 1 aromatic rings. The Bertz CT molecular complexity index is 378. The number of hydrogen-bond acceptors (Lipinski definition) is 2. The molecule has 0 atom stereocenters. The molecule has 0 amide bonds. The van der Waals surface area contributed by atoms with Crippen LogP contribution < -0.4 is 0 Å². The van der Waals surface area contributed by atoms with Crippen molar-refractivity contribution >= 4 is 33.3 Å². The number of alkyl halides is 1. The zero-order valence-electron chi connectivity index (χ0n) is 9.93. The van der Waals surface area contributed by atoms with E-state index in [2.05, 4.69) is 15.9 Å². The lowest BCUT2D eigenvalue weighted by molar-refractivity contribution is -0.116. The van der Waals surface area contributed by atoms with Crippen LogP contribution in [-0.4, -0.2) is 17.7 Å². The van der Waals surface area contributed by atoms with E-state index in [0.29, 0.717) is 28.9 Å². The molecule has 0 fully saturated rings. The SMILES string of the molecule is O=C(CBr)CCCCOCc1c(F)cccc1Cl. The highest BCUT2D eigenvalue weighted by Gasteiger charge is 2.06. The Labute approximate surface area is 120 Å². The van der Waals surface area contributed by atoms with Crippen molar-refractivity contribution in [1.29, 1.82) is 0 Å². The summed E-state index contributed by atoms with van der Waals surface area (Å²) in [4.78, 5) is 11.0. The first kappa shape index (κ1) is 15.6. The van der Waals surface area contributed by atoms with E-state index in [0.717, 1.165) is 12.8 Å². The summed E-state index contributed by atoms with van der Waals surface area (Å²) in [5, 5.41) is 0.781. The van der Waals surface area contributed by atoms with Crippen molar-refractivity contribution in [3.63, 3.8) is 0 Å². The van der Waals surface area contributed by atoms with Crippen LogP contribution in [-0.2, 0) is 16.1 Å². The first-order chi connectivity index (χ1) is 8.65. The molecular formula is C13H15BrClFO2. The van der Waals surface area contributed by atoms with Crippen LogP contribution in [0.25, 0.3) is 0 Å². The van der Waals surface area contributed by atoms with Crippen LogP contribution in [0.5, 0.6) is 0 Å². The second-order valence-electron chi connectivity index (χ2n) is 3.88. The van der Waals surface area contributed by atoms with Gasteiger partial charge in [-0.15, -0.1) is 0 Å². The van der Waals surface area contributed by atoms with E-state index in [-0.39, 0.29) is 18.2 Å². The zero-order chi connectivity index (χ0) is 13.4. The molecular weight excluding hydrogens is 322 g/mol. The Morgan fingerprint density at radius 1 is 1.39 bits per heavy atom. The van der Waals surface area contributed by atoms with Gasteiger partial charge in [-0.05, 0) is 25.0 Å². The molecule has 0 saturated heterocycles. The Kier molecular flexibility index (Phi) is 7.47.